The Bertz CT molecular complexity index is 426. The summed E-state index contributed by atoms with van der Waals surface area (Å²) in [5.74, 6) is 3.98. The number of nitro benzene ring substituents is 1. The highest BCUT2D eigenvalue weighted by Gasteiger charge is 2.24. The van der Waals surface area contributed by atoms with Crippen LogP contribution in [0, 0.1) is 22.0 Å². The summed E-state index contributed by atoms with van der Waals surface area (Å²) in [6.45, 7) is 4.55. The summed E-state index contributed by atoms with van der Waals surface area (Å²) < 4.78 is 0.434. The van der Waals surface area contributed by atoms with Crippen LogP contribution in [0.2, 0.25) is 0 Å². The van der Waals surface area contributed by atoms with E-state index in [0.29, 0.717) is 4.58 Å². The molecule has 2 rings (SSSR count). The zero-order chi connectivity index (χ0) is 13.8. The van der Waals surface area contributed by atoms with Crippen LogP contribution < -0.4 is 0 Å². The highest BCUT2D eigenvalue weighted by molar-refractivity contribution is 8.16. The molecule has 1 aliphatic rings. The zero-order valence-electron chi connectivity index (χ0n) is 11.2. The second-order valence-corrected chi connectivity index (χ2v) is 7.92. The highest BCUT2D eigenvalue weighted by Crippen LogP contribution is 2.46. The fourth-order valence-electron chi connectivity index (χ4n) is 2.29. The van der Waals surface area contributed by atoms with E-state index >= 15 is 0 Å². The average Bonchev–Trinajstić information content (AvgIpc) is 2.39. The molecule has 0 bridgehead atoms. The van der Waals surface area contributed by atoms with Crippen molar-refractivity contribution in [3.63, 3.8) is 0 Å². The summed E-state index contributed by atoms with van der Waals surface area (Å²) in [7, 11) is 0. The Balaban J connectivity index is 1.92. The van der Waals surface area contributed by atoms with Gasteiger partial charge >= 0.3 is 0 Å². The van der Waals surface area contributed by atoms with Gasteiger partial charge in [-0.15, -0.1) is 23.5 Å². The molecule has 0 saturated carbocycles. The van der Waals surface area contributed by atoms with Crippen molar-refractivity contribution in [1.29, 1.82) is 0 Å². The Labute approximate surface area is 122 Å². The Morgan fingerprint density at radius 1 is 1.26 bits per heavy atom. The van der Waals surface area contributed by atoms with Crippen molar-refractivity contribution < 1.29 is 4.92 Å². The molecule has 0 aliphatic carbocycles. The second-order valence-electron chi connectivity index (χ2n) is 5.34. The first-order chi connectivity index (χ1) is 9.06. The molecule has 1 fully saturated rings. The maximum atomic E-state index is 10.6. The van der Waals surface area contributed by atoms with Crippen LogP contribution in [0.5, 0.6) is 0 Å². The fraction of sp³-hybridized carbons (Fsp3) is 0.571. The minimum Gasteiger partial charge on any atom is -0.258 e. The van der Waals surface area contributed by atoms with Gasteiger partial charge in [-0.25, -0.2) is 0 Å². The molecule has 19 heavy (non-hydrogen) atoms. The summed E-state index contributed by atoms with van der Waals surface area (Å²) in [6, 6.07) is 7.00. The second kappa shape index (κ2) is 6.66. The normalized spacial score (nSPS) is 23.5. The van der Waals surface area contributed by atoms with Crippen LogP contribution in [-0.2, 0) is 0 Å². The molecule has 1 aliphatic heterocycles. The molecule has 5 heteroatoms. The van der Waals surface area contributed by atoms with Gasteiger partial charge in [0.2, 0.25) is 0 Å². The highest BCUT2D eigenvalue weighted by atomic mass is 32.2. The van der Waals surface area contributed by atoms with Crippen molar-refractivity contribution in [2.75, 3.05) is 11.5 Å². The molecule has 1 saturated heterocycles. The molecule has 104 valence electrons. The van der Waals surface area contributed by atoms with Gasteiger partial charge in [0, 0.05) is 12.1 Å². The molecule has 0 radical (unpaired) electrons. The Morgan fingerprint density at radius 3 is 2.32 bits per heavy atom. The first-order valence-corrected chi connectivity index (χ1v) is 8.63. The van der Waals surface area contributed by atoms with E-state index in [2.05, 4.69) is 13.8 Å². The van der Waals surface area contributed by atoms with Gasteiger partial charge < -0.3 is 0 Å². The predicted octanol–water partition coefficient (Wildman–Crippen LogP) is 4.74. The van der Waals surface area contributed by atoms with Crippen molar-refractivity contribution in [1.82, 2.24) is 0 Å². The van der Waals surface area contributed by atoms with Crippen molar-refractivity contribution >= 4 is 29.2 Å². The van der Waals surface area contributed by atoms with Gasteiger partial charge in [-0.05, 0) is 35.3 Å². The molecular formula is C14H19NO2S2. The lowest BCUT2D eigenvalue weighted by Crippen LogP contribution is -2.16. The molecule has 1 aromatic carbocycles. The van der Waals surface area contributed by atoms with Gasteiger partial charge in [-0.1, -0.05) is 26.0 Å². The van der Waals surface area contributed by atoms with E-state index in [1.807, 2.05) is 35.7 Å². The molecule has 0 spiro atoms. The van der Waals surface area contributed by atoms with Crippen LogP contribution >= 0.6 is 23.5 Å². The summed E-state index contributed by atoms with van der Waals surface area (Å²) in [5, 5.41) is 10.6. The predicted molar refractivity (Wildman–Crippen MR) is 83.7 cm³/mol. The number of hydrogen-bond donors (Lipinski definition) is 0. The lowest BCUT2D eigenvalue weighted by Gasteiger charge is -2.28. The number of thioether (sulfide) groups is 2. The molecule has 3 nitrogen and oxygen atoms in total. The monoisotopic (exact) mass is 297 g/mol. The molecule has 0 aromatic heterocycles. The topological polar surface area (TPSA) is 43.1 Å². The van der Waals surface area contributed by atoms with Crippen molar-refractivity contribution in [2.45, 2.75) is 24.9 Å². The first-order valence-electron chi connectivity index (χ1n) is 6.54. The van der Waals surface area contributed by atoms with Crippen molar-refractivity contribution in [3.8, 4) is 0 Å². The van der Waals surface area contributed by atoms with Gasteiger partial charge in [0.15, 0.2) is 0 Å². The zero-order valence-corrected chi connectivity index (χ0v) is 12.9. The number of rotatable bonds is 4. The molecular weight excluding hydrogens is 278 g/mol. The molecule has 0 atom stereocenters. The molecule has 1 aromatic rings. The van der Waals surface area contributed by atoms with Gasteiger partial charge in [0.05, 0.1) is 9.51 Å². The Hall–Kier alpha value is -0.680. The number of nitrogens with zero attached hydrogens (tertiary/aromatic N) is 1. The smallest absolute Gasteiger partial charge is 0.258 e. The van der Waals surface area contributed by atoms with Crippen LogP contribution in [0.25, 0.3) is 0 Å². The van der Waals surface area contributed by atoms with E-state index < -0.39 is 0 Å². The Morgan fingerprint density at radius 2 is 1.84 bits per heavy atom. The lowest BCUT2D eigenvalue weighted by atomic mass is 10.0. The standard InChI is InChI=1S/C14H19NO2S2/c1-10(2)7-11-8-18-14(19-9-11)12-3-5-13(6-4-12)15(16)17/h3-6,10-11,14H,7-9H2,1-2H3. The van der Waals surface area contributed by atoms with Gasteiger partial charge in [-0.2, -0.15) is 0 Å². The SMILES string of the molecule is CC(C)CC1CSC(c2ccc([N+](=O)[O-])cc2)SC1. The van der Waals surface area contributed by atoms with E-state index in [1.54, 1.807) is 12.1 Å². The molecule has 1 heterocycles. The summed E-state index contributed by atoms with van der Waals surface area (Å²) in [5.41, 5.74) is 1.37. The van der Waals surface area contributed by atoms with Crippen LogP contribution in [0.15, 0.2) is 24.3 Å². The maximum Gasteiger partial charge on any atom is 0.269 e. The number of hydrogen-bond acceptors (Lipinski definition) is 4. The molecule has 0 amide bonds. The minimum absolute atomic E-state index is 0.173. The summed E-state index contributed by atoms with van der Waals surface area (Å²) >= 11 is 3.95. The van der Waals surface area contributed by atoms with Gasteiger partial charge in [-0.3, -0.25) is 10.1 Å². The fourth-order valence-corrected chi connectivity index (χ4v) is 5.40. The number of benzene rings is 1. The van der Waals surface area contributed by atoms with E-state index in [-0.39, 0.29) is 10.6 Å². The van der Waals surface area contributed by atoms with E-state index in [0.717, 1.165) is 11.8 Å². The van der Waals surface area contributed by atoms with Crippen LogP contribution in [-0.4, -0.2) is 16.4 Å². The quantitative estimate of drug-likeness (QED) is 0.595. The van der Waals surface area contributed by atoms with Crippen molar-refractivity contribution in [3.05, 3.63) is 39.9 Å². The van der Waals surface area contributed by atoms with E-state index in [4.69, 9.17) is 0 Å². The third-order valence-electron chi connectivity index (χ3n) is 3.15. The van der Waals surface area contributed by atoms with Crippen molar-refractivity contribution in [2.24, 2.45) is 11.8 Å². The number of non-ortho nitro benzene ring substituents is 1. The van der Waals surface area contributed by atoms with Gasteiger partial charge in [0.25, 0.3) is 5.69 Å². The molecule has 0 unspecified atom stereocenters. The Kier molecular flexibility index (Phi) is 5.16. The van der Waals surface area contributed by atoms with Crippen LogP contribution in [0.1, 0.15) is 30.4 Å². The van der Waals surface area contributed by atoms with E-state index in [9.17, 15) is 10.1 Å². The van der Waals surface area contributed by atoms with Crippen LogP contribution in [0.4, 0.5) is 5.69 Å². The van der Waals surface area contributed by atoms with Crippen LogP contribution in [0.3, 0.4) is 0 Å². The average molecular weight is 297 g/mol. The van der Waals surface area contributed by atoms with E-state index in [1.165, 1.54) is 23.5 Å². The largest absolute Gasteiger partial charge is 0.269 e. The lowest BCUT2D eigenvalue weighted by molar-refractivity contribution is -0.384. The summed E-state index contributed by atoms with van der Waals surface area (Å²) in [6.07, 6.45) is 1.30. The third kappa shape index (κ3) is 4.14. The minimum atomic E-state index is -0.344. The summed E-state index contributed by atoms with van der Waals surface area (Å²) in [4.78, 5) is 10.3. The maximum absolute atomic E-state index is 10.6. The van der Waals surface area contributed by atoms with Gasteiger partial charge in [0.1, 0.15) is 0 Å². The first kappa shape index (κ1) is 14.7. The number of nitro groups is 1. The third-order valence-corrected chi connectivity index (χ3v) is 6.44. The molecule has 0 N–H and O–H groups in total.